The normalized spacial score (nSPS) is 10.3. The van der Waals surface area contributed by atoms with Crippen molar-refractivity contribution in [1.29, 1.82) is 0 Å². The zero-order valence-electron chi connectivity index (χ0n) is 15.9. The molecule has 6 nitrogen and oxygen atoms in total. The van der Waals surface area contributed by atoms with E-state index in [-0.39, 0.29) is 24.5 Å². The van der Waals surface area contributed by atoms with Crippen LogP contribution in [0.15, 0.2) is 60.7 Å². The number of carbonyl (C=O) groups is 2. The molecule has 0 aliphatic rings. The van der Waals surface area contributed by atoms with Crippen LogP contribution in [0, 0.1) is 0 Å². The summed E-state index contributed by atoms with van der Waals surface area (Å²) < 4.78 is 0. The molecular formula is C21H28N4O2. The van der Waals surface area contributed by atoms with Gasteiger partial charge < -0.3 is 20.9 Å². The van der Waals surface area contributed by atoms with Crippen molar-refractivity contribution in [1.82, 2.24) is 16.0 Å². The summed E-state index contributed by atoms with van der Waals surface area (Å²) in [4.78, 5) is 25.9. The Bertz CT molecular complexity index is 705. The monoisotopic (exact) mass is 368 g/mol. The van der Waals surface area contributed by atoms with E-state index in [9.17, 15) is 9.59 Å². The summed E-state index contributed by atoms with van der Waals surface area (Å²) in [6, 6.07) is 19.8. The molecule has 2 aromatic carbocycles. The third-order valence-corrected chi connectivity index (χ3v) is 3.82. The van der Waals surface area contributed by atoms with Gasteiger partial charge in [0.05, 0.1) is 6.54 Å². The van der Waals surface area contributed by atoms with E-state index in [1.54, 1.807) is 0 Å². The van der Waals surface area contributed by atoms with Crippen LogP contribution in [0.4, 0.5) is 10.5 Å². The highest BCUT2D eigenvalue weighted by molar-refractivity contribution is 5.81. The number of urea groups is 1. The number of nitrogens with zero attached hydrogens (tertiary/aromatic N) is 1. The Kier molecular flexibility index (Phi) is 8.16. The standard InChI is InChI=1S/C21H28N4O2/c1-17(2)24-21(27)23-14-13-22-20(26)16-25(19-11-7-4-8-12-19)15-18-9-5-3-6-10-18/h3-12,17H,13-16H2,1-2H3,(H,22,26)(H2,23,24,27). The van der Waals surface area contributed by atoms with E-state index in [0.717, 1.165) is 11.3 Å². The largest absolute Gasteiger partial charge is 0.358 e. The fourth-order valence-corrected chi connectivity index (χ4v) is 2.60. The summed E-state index contributed by atoms with van der Waals surface area (Å²) in [7, 11) is 0. The molecule has 0 radical (unpaired) electrons. The van der Waals surface area contributed by atoms with E-state index in [4.69, 9.17) is 0 Å². The molecule has 0 unspecified atom stereocenters. The Morgan fingerprint density at radius 2 is 1.48 bits per heavy atom. The van der Waals surface area contributed by atoms with Crippen LogP contribution in [0.2, 0.25) is 0 Å². The van der Waals surface area contributed by atoms with Gasteiger partial charge in [-0.3, -0.25) is 4.79 Å². The van der Waals surface area contributed by atoms with Crippen LogP contribution in [0.5, 0.6) is 0 Å². The summed E-state index contributed by atoms with van der Waals surface area (Å²) in [5.74, 6) is -0.0825. The topological polar surface area (TPSA) is 73.5 Å². The van der Waals surface area contributed by atoms with Gasteiger partial charge in [0, 0.05) is 31.4 Å². The molecule has 2 rings (SSSR count). The minimum absolute atomic E-state index is 0.0806. The molecular weight excluding hydrogens is 340 g/mol. The van der Waals surface area contributed by atoms with Crippen LogP contribution < -0.4 is 20.9 Å². The Balaban J connectivity index is 1.85. The van der Waals surface area contributed by atoms with Crippen molar-refractivity contribution < 1.29 is 9.59 Å². The molecule has 0 saturated heterocycles. The molecule has 0 atom stereocenters. The maximum Gasteiger partial charge on any atom is 0.315 e. The second-order valence-corrected chi connectivity index (χ2v) is 6.58. The van der Waals surface area contributed by atoms with E-state index in [2.05, 4.69) is 16.0 Å². The molecule has 0 aromatic heterocycles. The van der Waals surface area contributed by atoms with Gasteiger partial charge in [-0.25, -0.2) is 4.79 Å². The lowest BCUT2D eigenvalue weighted by Crippen LogP contribution is -2.44. The van der Waals surface area contributed by atoms with Crippen LogP contribution in [0.1, 0.15) is 19.4 Å². The van der Waals surface area contributed by atoms with Crippen LogP contribution >= 0.6 is 0 Å². The van der Waals surface area contributed by atoms with Gasteiger partial charge in [0.1, 0.15) is 0 Å². The van der Waals surface area contributed by atoms with Gasteiger partial charge in [0.2, 0.25) is 5.91 Å². The molecule has 0 aliphatic carbocycles. The van der Waals surface area contributed by atoms with Crippen molar-refractivity contribution in [3.8, 4) is 0 Å². The number of para-hydroxylation sites is 1. The lowest BCUT2D eigenvalue weighted by atomic mass is 10.2. The van der Waals surface area contributed by atoms with Crippen molar-refractivity contribution >= 4 is 17.6 Å². The molecule has 3 N–H and O–H groups in total. The van der Waals surface area contributed by atoms with E-state index in [1.165, 1.54) is 0 Å². The lowest BCUT2D eigenvalue weighted by molar-refractivity contribution is -0.119. The highest BCUT2D eigenvalue weighted by Crippen LogP contribution is 2.16. The van der Waals surface area contributed by atoms with Crippen molar-refractivity contribution in [2.75, 3.05) is 24.5 Å². The summed E-state index contributed by atoms with van der Waals surface area (Å²) in [6.07, 6.45) is 0. The maximum atomic E-state index is 12.4. The first-order valence-electron chi connectivity index (χ1n) is 9.19. The van der Waals surface area contributed by atoms with Crippen molar-refractivity contribution in [2.45, 2.75) is 26.4 Å². The highest BCUT2D eigenvalue weighted by atomic mass is 16.2. The number of hydrogen-bond donors (Lipinski definition) is 3. The fourth-order valence-electron chi connectivity index (χ4n) is 2.60. The van der Waals surface area contributed by atoms with E-state index < -0.39 is 0 Å². The van der Waals surface area contributed by atoms with Gasteiger partial charge in [-0.15, -0.1) is 0 Å². The molecule has 3 amide bonds. The minimum atomic E-state index is -0.228. The smallest absolute Gasteiger partial charge is 0.315 e. The van der Waals surface area contributed by atoms with E-state index in [0.29, 0.717) is 19.6 Å². The molecule has 27 heavy (non-hydrogen) atoms. The van der Waals surface area contributed by atoms with Crippen LogP contribution in [0.3, 0.4) is 0 Å². The van der Waals surface area contributed by atoms with Crippen molar-refractivity contribution in [2.24, 2.45) is 0 Å². The van der Waals surface area contributed by atoms with Crippen LogP contribution in [-0.4, -0.2) is 37.6 Å². The third-order valence-electron chi connectivity index (χ3n) is 3.82. The summed E-state index contributed by atoms with van der Waals surface area (Å²) in [5, 5.41) is 8.31. The Morgan fingerprint density at radius 1 is 0.889 bits per heavy atom. The minimum Gasteiger partial charge on any atom is -0.358 e. The Hall–Kier alpha value is -3.02. The first-order valence-corrected chi connectivity index (χ1v) is 9.19. The number of anilines is 1. The molecule has 6 heteroatoms. The predicted octanol–water partition coefficient (Wildman–Crippen LogP) is 2.52. The number of amides is 3. The number of carbonyl (C=O) groups excluding carboxylic acids is 2. The first kappa shape index (κ1) is 20.3. The van der Waals surface area contributed by atoms with Crippen molar-refractivity contribution in [3.63, 3.8) is 0 Å². The molecule has 0 saturated carbocycles. The van der Waals surface area contributed by atoms with Gasteiger partial charge >= 0.3 is 6.03 Å². The second kappa shape index (κ2) is 10.9. The van der Waals surface area contributed by atoms with E-state index in [1.807, 2.05) is 79.4 Å². The SMILES string of the molecule is CC(C)NC(=O)NCCNC(=O)CN(Cc1ccccc1)c1ccccc1. The Labute approximate surface area is 161 Å². The zero-order chi connectivity index (χ0) is 19.5. The zero-order valence-corrected chi connectivity index (χ0v) is 15.9. The number of hydrogen-bond acceptors (Lipinski definition) is 3. The average Bonchev–Trinajstić information content (AvgIpc) is 2.66. The predicted molar refractivity (Wildman–Crippen MR) is 109 cm³/mol. The van der Waals surface area contributed by atoms with E-state index >= 15 is 0 Å². The van der Waals surface area contributed by atoms with Gasteiger partial charge in [0.25, 0.3) is 0 Å². The molecule has 2 aromatic rings. The maximum absolute atomic E-state index is 12.4. The van der Waals surface area contributed by atoms with Crippen LogP contribution in [-0.2, 0) is 11.3 Å². The second-order valence-electron chi connectivity index (χ2n) is 6.58. The number of benzene rings is 2. The average molecular weight is 368 g/mol. The summed E-state index contributed by atoms with van der Waals surface area (Å²) in [6.45, 7) is 5.45. The molecule has 144 valence electrons. The number of rotatable bonds is 9. The third kappa shape index (κ3) is 7.81. The lowest BCUT2D eigenvalue weighted by Gasteiger charge is -2.24. The molecule has 0 aliphatic heterocycles. The van der Waals surface area contributed by atoms with Gasteiger partial charge in [-0.05, 0) is 31.5 Å². The quantitative estimate of drug-likeness (QED) is 0.596. The van der Waals surface area contributed by atoms with Gasteiger partial charge in [-0.1, -0.05) is 48.5 Å². The molecule has 0 fully saturated rings. The van der Waals surface area contributed by atoms with Crippen molar-refractivity contribution in [3.05, 3.63) is 66.2 Å². The molecule has 0 heterocycles. The van der Waals surface area contributed by atoms with Gasteiger partial charge in [0.15, 0.2) is 0 Å². The fraction of sp³-hybridized carbons (Fsp3) is 0.333. The number of nitrogens with one attached hydrogen (secondary N) is 3. The molecule has 0 bridgehead atoms. The first-order chi connectivity index (χ1) is 13.0. The van der Waals surface area contributed by atoms with Gasteiger partial charge in [-0.2, -0.15) is 0 Å². The Morgan fingerprint density at radius 3 is 2.11 bits per heavy atom. The van der Waals surface area contributed by atoms with Crippen LogP contribution in [0.25, 0.3) is 0 Å². The summed E-state index contributed by atoms with van der Waals surface area (Å²) >= 11 is 0. The highest BCUT2D eigenvalue weighted by Gasteiger charge is 2.12. The summed E-state index contributed by atoms with van der Waals surface area (Å²) in [5.41, 5.74) is 2.13. The molecule has 0 spiro atoms.